The van der Waals surface area contributed by atoms with Gasteiger partial charge in [0.25, 0.3) is 0 Å². The standard InChI is InChI=1S/C10H10Cl2O3/c1-5(10(14)15)9(13)8-6(11)3-2-4-7(8)12/h2-5,9,13H,1H3,(H,14,15). The Kier molecular flexibility index (Phi) is 3.97. The van der Waals surface area contributed by atoms with E-state index >= 15 is 0 Å². The number of aliphatic hydroxyl groups is 1. The van der Waals surface area contributed by atoms with E-state index in [4.69, 9.17) is 28.3 Å². The lowest BCUT2D eigenvalue weighted by Crippen LogP contribution is -2.19. The molecule has 0 aliphatic carbocycles. The summed E-state index contributed by atoms with van der Waals surface area (Å²) < 4.78 is 0. The Bertz CT molecular complexity index is 359. The maximum atomic E-state index is 10.7. The minimum absolute atomic E-state index is 0.260. The molecular formula is C10H10Cl2O3. The lowest BCUT2D eigenvalue weighted by Gasteiger charge is -2.17. The van der Waals surface area contributed by atoms with Crippen LogP contribution in [0.4, 0.5) is 0 Å². The van der Waals surface area contributed by atoms with Crippen LogP contribution >= 0.6 is 23.2 Å². The molecule has 0 aromatic heterocycles. The summed E-state index contributed by atoms with van der Waals surface area (Å²) in [6, 6.07) is 4.74. The van der Waals surface area contributed by atoms with Crippen LogP contribution in [0.25, 0.3) is 0 Å². The number of aliphatic hydroxyl groups excluding tert-OH is 1. The first-order valence-electron chi connectivity index (χ1n) is 4.30. The second-order valence-electron chi connectivity index (χ2n) is 3.21. The van der Waals surface area contributed by atoms with Gasteiger partial charge in [0.05, 0.1) is 12.0 Å². The Labute approximate surface area is 97.2 Å². The quantitative estimate of drug-likeness (QED) is 0.865. The van der Waals surface area contributed by atoms with Gasteiger partial charge in [0.2, 0.25) is 0 Å². The van der Waals surface area contributed by atoms with Crippen LogP contribution in [0.15, 0.2) is 18.2 Å². The van der Waals surface area contributed by atoms with E-state index in [1.165, 1.54) is 6.92 Å². The van der Waals surface area contributed by atoms with Crippen molar-refractivity contribution >= 4 is 29.2 Å². The van der Waals surface area contributed by atoms with Crippen molar-refractivity contribution in [3.8, 4) is 0 Å². The number of carboxylic acids is 1. The lowest BCUT2D eigenvalue weighted by atomic mass is 9.97. The maximum absolute atomic E-state index is 10.7. The minimum Gasteiger partial charge on any atom is -0.481 e. The van der Waals surface area contributed by atoms with Crippen LogP contribution in [0.1, 0.15) is 18.6 Å². The van der Waals surface area contributed by atoms with Gasteiger partial charge in [-0.25, -0.2) is 0 Å². The largest absolute Gasteiger partial charge is 0.481 e. The molecule has 0 saturated heterocycles. The molecule has 5 heteroatoms. The van der Waals surface area contributed by atoms with Gasteiger partial charge in [0.15, 0.2) is 0 Å². The smallest absolute Gasteiger partial charge is 0.309 e. The molecule has 1 aromatic carbocycles. The van der Waals surface area contributed by atoms with Gasteiger partial charge in [-0.2, -0.15) is 0 Å². The van der Waals surface area contributed by atoms with Crippen molar-refractivity contribution in [2.24, 2.45) is 5.92 Å². The Morgan fingerprint density at radius 2 is 1.80 bits per heavy atom. The van der Waals surface area contributed by atoms with Crippen molar-refractivity contribution in [3.63, 3.8) is 0 Å². The molecule has 0 saturated carbocycles. The van der Waals surface area contributed by atoms with Crippen LogP contribution in [0, 0.1) is 5.92 Å². The average Bonchev–Trinajstić information content (AvgIpc) is 2.15. The van der Waals surface area contributed by atoms with E-state index in [1.54, 1.807) is 18.2 Å². The summed E-state index contributed by atoms with van der Waals surface area (Å²) in [7, 11) is 0. The predicted molar refractivity (Wildman–Crippen MR) is 58.2 cm³/mol. The van der Waals surface area contributed by atoms with E-state index in [2.05, 4.69) is 0 Å². The molecule has 0 fully saturated rings. The van der Waals surface area contributed by atoms with E-state index in [-0.39, 0.29) is 15.6 Å². The number of aliphatic carboxylic acids is 1. The first-order valence-corrected chi connectivity index (χ1v) is 5.05. The SMILES string of the molecule is CC(C(=O)O)C(O)c1c(Cl)cccc1Cl. The molecule has 2 unspecified atom stereocenters. The van der Waals surface area contributed by atoms with E-state index in [0.29, 0.717) is 0 Å². The van der Waals surface area contributed by atoms with Crippen LogP contribution < -0.4 is 0 Å². The molecule has 0 spiro atoms. The van der Waals surface area contributed by atoms with Crippen molar-refractivity contribution in [3.05, 3.63) is 33.8 Å². The molecule has 82 valence electrons. The number of rotatable bonds is 3. The van der Waals surface area contributed by atoms with Gasteiger partial charge in [-0.15, -0.1) is 0 Å². The highest BCUT2D eigenvalue weighted by atomic mass is 35.5. The van der Waals surface area contributed by atoms with Crippen molar-refractivity contribution in [2.75, 3.05) is 0 Å². The second-order valence-corrected chi connectivity index (χ2v) is 4.02. The van der Waals surface area contributed by atoms with Crippen molar-refractivity contribution in [1.82, 2.24) is 0 Å². The van der Waals surface area contributed by atoms with Crippen molar-refractivity contribution < 1.29 is 15.0 Å². The molecule has 0 aliphatic rings. The lowest BCUT2D eigenvalue weighted by molar-refractivity contribution is -0.145. The Morgan fingerprint density at radius 3 is 2.20 bits per heavy atom. The summed E-state index contributed by atoms with van der Waals surface area (Å²) in [5.74, 6) is -2.05. The van der Waals surface area contributed by atoms with E-state index in [9.17, 15) is 9.90 Å². The van der Waals surface area contributed by atoms with E-state index in [1.807, 2.05) is 0 Å². The molecule has 3 nitrogen and oxygen atoms in total. The molecule has 15 heavy (non-hydrogen) atoms. The topological polar surface area (TPSA) is 57.5 Å². The third kappa shape index (κ3) is 2.62. The zero-order valence-electron chi connectivity index (χ0n) is 7.95. The first-order chi connectivity index (χ1) is 6.95. The number of hydrogen-bond donors (Lipinski definition) is 2. The summed E-state index contributed by atoms with van der Waals surface area (Å²) >= 11 is 11.7. The fourth-order valence-corrected chi connectivity index (χ4v) is 1.80. The monoisotopic (exact) mass is 248 g/mol. The number of benzene rings is 1. The van der Waals surface area contributed by atoms with E-state index in [0.717, 1.165) is 0 Å². The summed E-state index contributed by atoms with van der Waals surface area (Å²) in [5.41, 5.74) is 0.260. The molecule has 0 amide bonds. The first kappa shape index (κ1) is 12.3. The molecule has 2 N–H and O–H groups in total. The van der Waals surface area contributed by atoms with Gasteiger partial charge in [0, 0.05) is 15.6 Å². The van der Waals surface area contributed by atoms with Gasteiger partial charge in [0.1, 0.15) is 0 Å². The predicted octanol–water partition coefficient (Wildman–Crippen LogP) is 2.75. The number of hydrogen-bond acceptors (Lipinski definition) is 2. The Balaban J connectivity index is 3.10. The van der Waals surface area contributed by atoms with Crippen LogP contribution in [-0.4, -0.2) is 16.2 Å². The van der Waals surface area contributed by atoms with Crippen molar-refractivity contribution in [2.45, 2.75) is 13.0 Å². The molecule has 0 heterocycles. The summed E-state index contributed by atoms with van der Waals surface area (Å²) in [6.07, 6.45) is -1.20. The zero-order valence-corrected chi connectivity index (χ0v) is 9.46. The molecule has 0 bridgehead atoms. The van der Waals surface area contributed by atoms with Crippen LogP contribution in [0.2, 0.25) is 10.0 Å². The normalized spacial score (nSPS) is 14.7. The van der Waals surface area contributed by atoms with Crippen LogP contribution in [0.5, 0.6) is 0 Å². The maximum Gasteiger partial charge on any atom is 0.309 e. The summed E-state index contributed by atoms with van der Waals surface area (Å²) in [6.45, 7) is 1.40. The van der Waals surface area contributed by atoms with Crippen LogP contribution in [0.3, 0.4) is 0 Å². The highest BCUT2D eigenvalue weighted by molar-refractivity contribution is 6.36. The summed E-state index contributed by atoms with van der Waals surface area (Å²) in [5, 5.41) is 19.1. The Morgan fingerprint density at radius 1 is 1.33 bits per heavy atom. The Hall–Kier alpha value is -0.770. The van der Waals surface area contributed by atoms with Gasteiger partial charge < -0.3 is 10.2 Å². The molecular weight excluding hydrogens is 239 g/mol. The fraction of sp³-hybridized carbons (Fsp3) is 0.300. The van der Waals surface area contributed by atoms with Gasteiger partial charge >= 0.3 is 5.97 Å². The highest BCUT2D eigenvalue weighted by Gasteiger charge is 2.26. The van der Waals surface area contributed by atoms with Gasteiger partial charge in [-0.3, -0.25) is 4.79 Å². The minimum atomic E-state index is -1.20. The zero-order chi connectivity index (χ0) is 11.6. The molecule has 0 radical (unpaired) electrons. The molecule has 1 aromatic rings. The second kappa shape index (κ2) is 4.84. The van der Waals surface area contributed by atoms with Gasteiger partial charge in [-0.1, -0.05) is 29.3 Å². The summed E-state index contributed by atoms with van der Waals surface area (Å²) in [4.78, 5) is 10.7. The number of halogens is 2. The fourth-order valence-electron chi connectivity index (χ4n) is 1.18. The van der Waals surface area contributed by atoms with Gasteiger partial charge in [-0.05, 0) is 19.1 Å². The number of carbonyl (C=O) groups is 1. The molecule has 1 rings (SSSR count). The van der Waals surface area contributed by atoms with Crippen molar-refractivity contribution in [1.29, 1.82) is 0 Å². The van der Waals surface area contributed by atoms with E-state index < -0.39 is 18.0 Å². The third-order valence-electron chi connectivity index (χ3n) is 2.16. The average molecular weight is 249 g/mol. The molecule has 0 aliphatic heterocycles. The molecule has 2 atom stereocenters. The third-order valence-corrected chi connectivity index (χ3v) is 2.82. The highest BCUT2D eigenvalue weighted by Crippen LogP contribution is 2.34. The number of carboxylic acid groups (broad SMARTS) is 1. The van der Waals surface area contributed by atoms with Crippen LogP contribution in [-0.2, 0) is 4.79 Å².